The van der Waals surface area contributed by atoms with Crippen molar-refractivity contribution in [3.63, 3.8) is 0 Å². The maximum absolute atomic E-state index is 13.9. The van der Waals surface area contributed by atoms with Gasteiger partial charge in [0, 0.05) is 25.0 Å². The highest BCUT2D eigenvalue weighted by Crippen LogP contribution is 2.13. The summed E-state index contributed by atoms with van der Waals surface area (Å²) in [4.78, 5) is 115. The molecule has 0 fully saturated rings. The lowest BCUT2D eigenvalue weighted by Crippen LogP contribution is -2.60. The number of nitrogens with two attached hydrogens (primary N) is 1. The van der Waals surface area contributed by atoms with Gasteiger partial charge in [0.25, 0.3) is 0 Å². The van der Waals surface area contributed by atoms with E-state index in [1.807, 2.05) is 20.8 Å². The van der Waals surface area contributed by atoms with E-state index in [2.05, 4.69) is 37.2 Å². The van der Waals surface area contributed by atoms with Gasteiger partial charge in [-0.1, -0.05) is 109 Å². The monoisotopic (exact) mass is 848 g/mol. The molecule has 0 saturated heterocycles. The molecule has 18 nitrogen and oxygen atoms in total. The molecule has 6 atom stereocenters. The molecule has 0 heterocycles. The first-order chi connectivity index (χ1) is 28.8. The van der Waals surface area contributed by atoms with E-state index >= 15 is 0 Å². The minimum atomic E-state index is -1.26. The lowest BCUT2D eigenvalue weighted by atomic mass is 9.95. The maximum Gasteiger partial charge on any atom is 0.326 e. The zero-order valence-corrected chi connectivity index (χ0v) is 35.5. The van der Waals surface area contributed by atoms with E-state index in [9.17, 15) is 48.3 Å². The van der Waals surface area contributed by atoms with Gasteiger partial charge in [-0.25, -0.2) is 4.79 Å². The first-order valence-electron chi connectivity index (χ1n) is 20.1. The van der Waals surface area contributed by atoms with Crippen molar-refractivity contribution in [1.82, 2.24) is 37.2 Å². The van der Waals surface area contributed by atoms with Crippen LogP contribution < -0.4 is 43.0 Å². The Morgan fingerprint density at radius 1 is 0.590 bits per heavy atom. The van der Waals surface area contributed by atoms with E-state index in [1.165, 1.54) is 0 Å². The fraction of sp³-hybridized carbons (Fsp3) is 0.465. The van der Waals surface area contributed by atoms with Gasteiger partial charge in [-0.2, -0.15) is 0 Å². The third-order valence-electron chi connectivity index (χ3n) is 9.49. The molecule has 0 aliphatic heterocycles. The Morgan fingerprint density at radius 2 is 1.10 bits per heavy atom. The van der Waals surface area contributed by atoms with Crippen LogP contribution in [0.5, 0.6) is 0 Å². The predicted octanol–water partition coefficient (Wildman–Crippen LogP) is 0.00250. The van der Waals surface area contributed by atoms with Gasteiger partial charge >= 0.3 is 5.97 Å². The summed E-state index contributed by atoms with van der Waals surface area (Å²) in [7, 11) is 0. The second-order valence-electron chi connectivity index (χ2n) is 15.4. The zero-order valence-electron chi connectivity index (χ0n) is 35.5. The average Bonchev–Trinajstić information content (AvgIpc) is 3.21. The van der Waals surface area contributed by atoms with Crippen LogP contribution in [0.15, 0.2) is 72.8 Å². The second-order valence-corrected chi connectivity index (χ2v) is 15.4. The fourth-order valence-corrected chi connectivity index (χ4v) is 5.93. The third-order valence-corrected chi connectivity index (χ3v) is 9.49. The normalized spacial score (nSPS) is 14.0. The topological polar surface area (TPSA) is 284 Å². The Labute approximate surface area is 356 Å². The number of nitrogens with one attached hydrogen (secondary N) is 7. The summed E-state index contributed by atoms with van der Waals surface area (Å²) in [5.74, 6) is -7.95. The highest BCUT2D eigenvalue weighted by Gasteiger charge is 2.34. The van der Waals surface area contributed by atoms with Crippen molar-refractivity contribution in [1.29, 1.82) is 0 Å². The van der Waals surface area contributed by atoms with E-state index in [-0.39, 0.29) is 31.1 Å². The molecule has 8 amide bonds. The second kappa shape index (κ2) is 25.8. The molecule has 18 heteroatoms. The van der Waals surface area contributed by atoms with E-state index in [4.69, 9.17) is 5.73 Å². The van der Waals surface area contributed by atoms with Crippen molar-refractivity contribution in [3.8, 4) is 0 Å². The summed E-state index contributed by atoms with van der Waals surface area (Å²) >= 11 is 0. The first kappa shape index (κ1) is 50.6. The van der Waals surface area contributed by atoms with Crippen molar-refractivity contribution in [2.24, 2.45) is 23.5 Å². The SMILES string of the molecule is CC[C@H](C)[C@H](NC(=O)[C@H](Cc1ccccc1)NC(=O)/C=C/C(=O)NCC(=O)NCC(=O)N[C@@H](Cc1ccccc1)C(=O)O)C(=O)N[C@@H](CC(C)C)C(=O)N[C@H](C(N)=O)C(C)C. The van der Waals surface area contributed by atoms with Crippen molar-refractivity contribution in [2.45, 2.75) is 97.4 Å². The number of amides is 8. The average molecular weight is 849 g/mol. The van der Waals surface area contributed by atoms with Crippen LogP contribution in [0.3, 0.4) is 0 Å². The fourth-order valence-electron chi connectivity index (χ4n) is 5.93. The van der Waals surface area contributed by atoms with Gasteiger partial charge in [0.1, 0.15) is 30.2 Å². The van der Waals surface area contributed by atoms with E-state index in [0.717, 1.165) is 12.2 Å². The van der Waals surface area contributed by atoms with Gasteiger partial charge in [-0.15, -0.1) is 0 Å². The number of hydrogen-bond acceptors (Lipinski definition) is 9. The summed E-state index contributed by atoms with van der Waals surface area (Å²) in [5.41, 5.74) is 6.86. The predicted molar refractivity (Wildman–Crippen MR) is 226 cm³/mol. The molecule has 0 spiro atoms. The molecular weight excluding hydrogens is 789 g/mol. The first-order valence-corrected chi connectivity index (χ1v) is 20.1. The number of rotatable bonds is 25. The van der Waals surface area contributed by atoms with Crippen LogP contribution in [0.25, 0.3) is 0 Å². The van der Waals surface area contributed by atoms with E-state index in [0.29, 0.717) is 17.5 Å². The number of primary amides is 1. The van der Waals surface area contributed by atoms with Crippen LogP contribution in [-0.2, 0) is 56.0 Å². The zero-order chi connectivity index (χ0) is 45.6. The highest BCUT2D eigenvalue weighted by molar-refractivity contribution is 6.00. The molecule has 332 valence electrons. The minimum absolute atomic E-state index is 0.00258. The van der Waals surface area contributed by atoms with E-state index in [1.54, 1.807) is 81.4 Å². The summed E-state index contributed by atoms with van der Waals surface area (Å²) < 4.78 is 0. The third kappa shape index (κ3) is 18.9. The summed E-state index contributed by atoms with van der Waals surface area (Å²) in [6.45, 7) is 9.59. The number of aliphatic carboxylic acids is 1. The number of carboxylic acid groups (broad SMARTS) is 1. The van der Waals surface area contributed by atoms with Crippen LogP contribution in [0.4, 0.5) is 0 Å². The Hall–Kier alpha value is -6.59. The molecule has 0 aliphatic carbocycles. The van der Waals surface area contributed by atoms with Gasteiger partial charge < -0.3 is 48.1 Å². The molecule has 2 aromatic rings. The van der Waals surface area contributed by atoms with Crippen molar-refractivity contribution in [3.05, 3.63) is 83.9 Å². The van der Waals surface area contributed by atoms with Gasteiger partial charge in [-0.05, 0) is 35.3 Å². The smallest absolute Gasteiger partial charge is 0.326 e. The van der Waals surface area contributed by atoms with Gasteiger partial charge in [-0.3, -0.25) is 38.4 Å². The Morgan fingerprint density at radius 3 is 1.61 bits per heavy atom. The molecule has 2 rings (SSSR count). The maximum atomic E-state index is 13.9. The van der Waals surface area contributed by atoms with Crippen LogP contribution in [0.2, 0.25) is 0 Å². The minimum Gasteiger partial charge on any atom is -0.480 e. The molecule has 0 unspecified atom stereocenters. The van der Waals surface area contributed by atoms with Gasteiger partial charge in [0.15, 0.2) is 0 Å². The lowest BCUT2D eigenvalue weighted by Gasteiger charge is -2.29. The Kier molecular flexibility index (Phi) is 21.4. The highest BCUT2D eigenvalue weighted by atomic mass is 16.4. The standard InChI is InChI=1S/C43H60N8O10/c1-7-27(6)38(42(59)49-30(20-25(2)3)40(57)50-37(26(4)5)39(44)56)51-41(58)31(21-28-14-10-8-11-15-28)47-34(53)19-18-33(52)45-23-35(54)46-24-36(55)48-32(43(60)61)22-29-16-12-9-13-17-29/h8-19,25-27,30-32,37-38H,7,20-24H2,1-6H3,(H2,44,56)(H,45,52)(H,46,54)(H,47,53)(H,48,55)(H,49,59)(H,50,57)(H,51,58)(H,60,61)/b19-18+/t27-,30-,31-,32-,37-,38-/m0/s1. The molecule has 10 N–H and O–H groups in total. The number of carbonyl (C=O) groups excluding carboxylic acids is 8. The van der Waals surface area contributed by atoms with Crippen molar-refractivity contribution >= 4 is 53.2 Å². The summed E-state index contributed by atoms with van der Waals surface area (Å²) in [6.07, 6.45) is 2.40. The molecule has 61 heavy (non-hydrogen) atoms. The summed E-state index contributed by atoms with van der Waals surface area (Å²) in [5, 5.41) is 27.0. The van der Waals surface area contributed by atoms with Gasteiger partial charge in [0.2, 0.25) is 47.3 Å². The molecule has 0 radical (unpaired) electrons. The molecule has 0 saturated carbocycles. The number of hydrogen-bond donors (Lipinski definition) is 9. The molecule has 0 aliphatic rings. The van der Waals surface area contributed by atoms with Crippen molar-refractivity contribution in [2.75, 3.05) is 13.1 Å². The van der Waals surface area contributed by atoms with Gasteiger partial charge in [0.05, 0.1) is 13.1 Å². The van der Waals surface area contributed by atoms with Crippen LogP contribution in [0.1, 0.15) is 65.5 Å². The van der Waals surface area contributed by atoms with Crippen LogP contribution >= 0.6 is 0 Å². The summed E-state index contributed by atoms with van der Waals surface area (Å²) in [6, 6.07) is 11.8. The quantitative estimate of drug-likeness (QED) is 0.0604. The lowest BCUT2D eigenvalue weighted by molar-refractivity contribution is -0.141. The molecule has 2 aromatic carbocycles. The van der Waals surface area contributed by atoms with Crippen LogP contribution in [-0.4, -0.2) is 102 Å². The number of benzene rings is 2. The Bertz CT molecular complexity index is 1860. The number of carbonyl (C=O) groups is 9. The van der Waals surface area contributed by atoms with Crippen LogP contribution in [0, 0.1) is 17.8 Å². The molecular formula is C43H60N8O10. The number of carboxylic acids is 1. The van der Waals surface area contributed by atoms with E-state index < -0.39 is 102 Å². The largest absolute Gasteiger partial charge is 0.480 e. The Balaban J connectivity index is 2.08. The molecule has 0 bridgehead atoms. The van der Waals surface area contributed by atoms with Crippen molar-refractivity contribution < 1.29 is 48.3 Å². The molecule has 0 aromatic heterocycles.